The molecule has 0 aliphatic carbocycles. The van der Waals surface area contributed by atoms with E-state index < -0.39 is 0 Å². The number of carbonyl (C=O) groups is 2. The molecule has 2 aromatic rings. The maximum absolute atomic E-state index is 11.9. The molecular weight excluding hydrogens is 354 g/mol. The van der Waals surface area contributed by atoms with Crippen LogP contribution in [0.3, 0.4) is 0 Å². The first-order chi connectivity index (χ1) is 12.6. The fraction of sp³-hybridized carbons (Fsp3) is 0.300. The van der Waals surface area contributed by atoms with Crippen molar-refractivity contribution in [1.82, 2.24) is 0 Å². The lowest BCUT2D eigenvalue weighted by Crippen LogP contribution is -2.41. The van der Waals surface area contributed by atoms with Crippen molar-refractivity contribution in [2.75, 3.05) is 18.1 Å². The van der Waals surface area contributed by atoms with Gasteiger partial charge in [-0.15, -0.1) is 0 Å². The molecule has 6 heteroatoms. The molecule has 26 heavy (non-hydrogen) atoms. The molecule has 0 aromatic heterocycles. The van der Waals surface area contributed by atoms with Crippen LogP contribution >= 0.6 is 11.6 Å². The van der Waals surface area contributed by atoms with Crippen molar-refractivity contribution in [1.29, 1.82) is 0 Å². The minimum atomic E-state index is -0.356. The summed E-state index contributed by atoms with van der Waals surface area (Å²) in [7, 11) is 0. The molecule has 1 unspecified atom stereocenters. The highest BCUT2D eigenvalue weighted by Crippen LogP contribution is 2.38. The van der Waals surface area contributed by atoms with Gasteiger partial charge in [0, 0.05) is 12.1 Å². The third-order valence-corrected chi connectivity index (χ3v) is 4.51. The molecule has 0 fully saturated rings. The van der Waals surface area contributed by atoms with E-state index in [0.29, 0.717) is 42.3 Å². The molecule has 0 saturated heterocycles. The van der Waals surface area contributed by atoms with E-state index in [9.17, 15) is 9.59 Å². The second kappa shape index (κ2) is 8.23. The third kappa shape index (κ3) is 4.17. The van der Waals surface area contributed by atoms with Crippen molar-refractivity contribution in [3.63, 3.8) is 0 Å². The topological polar surface area (TPSA) is 55.8 Å². The second-order valence-electron chi connectivity index (χ2n) is 6.07. The Labute approximate surface area is 157 Å². The SMILES string of the molecule is CCOC(=O)CC1CN(Cc2ccccc2)c2cc(Cl)c(C=O)cc2O1. The van der Waals surface area contributed by atoms with Gasteiger partial charge in [-0.1, -0.05) is 41.9 Å². The number of fused-ring (bicyclic) bond motifs is 1. The van der Waals surface area contributed by atoms with Gasteiger partial charge in [-0.25, -0.2) is 0 Å². The van der Waals surface area contributed by atoms with E-state index in [-0.39, 0.29) is 18.5 Å². The van der Waals surface area contributed by atoms with Crippen molar-refractivity contribution in [2.24, 2.45) is 0 Å². The summed E-state index contributed by atoms with van der Waals surface area (Å²) in [6.07, 6.45) is 0.492. The highest BCUT2D eigenvalue weighted by atomic mass is 35.5. The van der Waals surface area contributed by atoms with Gasteiger partial charge in [0.05, 0.1) is 30.3 Å². The molecule has 0 spiro atoms. The van der Waals surface area contributed by atoms with Gasteiger partial charge in [0.1, 0.15) is 11.9 Å². The van der Waals surface area contributed by atoms with Crippen LogP contribution in [-0.2, 0) is 16.1 Å². The minimum absolute atomic E-state index is 0.150. The maximum Gasteiger partial charge on any atom is 0.309 e. The Bertz CT molecular complexity index is 794. The summed E-state index contributed by atoms with van der Waals surface area (Å²) < 4.78 is 11.0. The first-order valence-corrected chi connectivity index (χ1v) is 8.88. The Kier molecular flexibility index (Phi) is 5.78. The third-order valence-electron chi connectivity index (χ3n) is 4.18. The van der Waals surface area contributed by atoms with Gasteiger partial charge in [0.15, 0.2) is 6.29 Å². The normalized spacial score (nSPS) is 15.8. The van der Waals surface area contributed by atoms with Crippen LogP contribution in [0, 0.1) is 0 Å². The molecule has 0 bridgehead atoms. The standard InChI is InChI=1S/C20H20ClNO4/c1-2-25-20(24)9-16-12-22(11-14-6-4-3-5-7-14)18-10-17(21)15(13-23)8-19(18)26-16/h3-8,10,13,16H,2,9,11-12H2,1H3. The number of aldehydes is 1. The van der Waals surface area contributed by atoms with Crippen LogP contribution in [0.2, 0.25) is 5.02 Å². The van der Waals surface area contributed by atoms with Crippen molar-refractivity contribution in [3.8, 4) is 5.75 Å². The van der Waals surface area contributed by atoms with Crippen LogP contribution in [0.5, 0.6) is 5.75 Å². The van der Waals surface area contributed by atoms with E-state index in [1.807, 2.05) is 30.3 Å². The monoisotopic (exact) mass is 373 g/mol. The highest BCUT2D eigenvalue weighted by Gasteiger charge is 2.29. The zero-order chi connectivity index (χ0) is 18.5. The molecule has 0 N–H and O–H groups in total. The molecule has 1 heterocycles. The summed E-state index contributed by atoms with van der Waals surface area (Å²) in [5.74, 6) is 0.248. The van der Waals surface area contributed by atoms with Gasteiger partial charge in [-0.2, -0.15) is 0 Å². The van der Waals surface area contributed by atoms with Gasteiger partial charge < -0.3 is 14.4 Å². The maximum atomic E-state index is 11.9. The van der Waals surface area contributed by atoms with Crippen molar-refractivity contribution >= 4 is 29.5 Å². The van der Waals surface area contributed by atoms with Gasteiger partial charge >= 0.3 is 5.97 Å². The number of anilines is 1. The molecule has 3 rings (SSSR count). The number of hydrogen-bond donors (Lipinski definition) is 0. The van der Waals surface area contributed by atoms with Crippen LogP contribution in [0.15, 0.2) is 42.5 Å². The van der Waals surface area contributed by atoms with Gasteiger partial charge in [-0.3, -0.25) is 9.59 Å². The van der Waals surface area contributed by atoms with Crippen LogP contribution in [-0.4, -0.2) is 31.5 Å². The minimum Gasteiger partial charge on any atom is -0.486 e. The van der Waals surface area contributed by atoms with Gasteiger partial charge in [0.2, 0.25) is 0 Å². The molecule has 0 radical (unpaired) electrons. The highest BCUT2D eigenvalue weighted by molar-refractivity contribution is 6.33. The zero-order valence-electron chi connectivity index (χ0n) is 14.5. The number of rotatable bonds is 6. The second-order valence-corrected chi connectivity index (χ2v) is 6.48. The smallest absolute Gasteiger partial charge is 0.309 e. The van der Waals surface area contributed by atoms with Crippen LogP contribution in [0.1, 0.15) is 29.3 Å². The lowest BCUT2D eigenvalue weighted by molar-refractivity contribution is -0.144. The fourth-order valence-corrected chi connectivity index (χ4v) is 3.22. The Hall–Kier alpha value is -2.53. The van der Waals surface area contributed by atoms with Crippen molar-refractivity contribution in [3.05, 3.63) is 58.6 Å². The number of nitrogens with zero attached hydrogens (tertiary/aromatic N) is 1. The zero-order valence-corrected chi connectivity index (χ0v) is 15.2. The molecular formula is C20H20ClNO4. The Morgan fingerprint density at radius 3 is 2.81 bits per heavy atom. The van der Waals surface area contributed by atoms with Crippen LogP contribution < -0.4 is 9.64 Å². The van der Waals surface area contributed by atoms with E-state index in [4.69, 9.17) is 21.1 Å². The average molecular weight is 374 g/mol. The average Bonchev–Trinajstić information content (AvgIpc) is 2.63. The summed E-state index contributed by atoms with van der Waals surface area (Å²) in [6, 6.07) is 13.4. The molecule has 0 saturated carbocycles. The number of hydrogen-bond acceptors (Lipinski definition) is 5. The summed E-state index contributed by atoms with van der Waals surface area (Å²) >= 11 is 6.20. The Balaban J connectivity index is 1.90. The van der Waals surface area contributed by atoms with Crippen molar-refractivity contribution in [2.45, 2.75) is 26.0 Å². The number of benzene rings is 2. The summed E-state index contributed by atoms with van der Waals surface area (Å²) in [5.41, 5.74) is 2.30. The van der Waals surface area contributed by atoms with E-state index in [1.165, 1.54) is 0 Å². The number of ether oxygens (including phenoxy) is 2. The van der Waals surface area contributed by atoms with Crippen molar-refractivity contribution < 1.29 is 19.1 Å². The molecule has 2 aromatic carbocycles. The van der Waals surface area contributed by atoms with E-state index in [2.05, 4.69) is 4.90 Å². The quantitative estimate of drug-likeness (QED) is 0.568. The Morgan fingerprint density at radius 2 is 2.12 bits per heavy atom. The van der Waals surface area contributed by atoms with E-state index >= 15 is 0 Å². The number of halogens is 1. The fourth-order valence-electron chi connectivity index (χ4n) is 3.02. The lowest BCUT2D eigenvalue weighted by Gasteiger charge is -2.36. The first kappa shape index (κ1) is 18.3. The predicted molar refractivity (Wildman–Crippen MR) is 100.0 cm³/mol. The predicted octanol–water partition coefficient (Wildman–Crippen LogP) is 3.87. The van der Waals surface area contributed by atoms with Gasteiger partial charge in [-0.05, 0) is 24.6 Å². The molecule has 5 nitrogen and oxygen atoms in total. The summed E-state index contributed by atoms with van der Waals surface area (Å²) in [6.45, 7) is 3.28. The van der Waals surface area contributed by atoms with Crippen LogP contribution in [0.25, 0.3) is 0 Å². The Morgan fingerprint density at radius 1 is 1.35 bits per heavy atom. The molecule has 1 atom stereocenters. The lowest BCUT2D eigenvalue weighted by atomic mass is 10.1. The number of esters is 1. The first-order valence-electron chi connectivity index (χ1n) is 8.50. The molecule has 1 aliphatic rings. The summed E-state index contributed by atoms with van der Waals surface area (Å²) in [4.78, 5) is 25.2. The van der Waals surface area contributed by atoms with E-state index in [0.717, 1.165) is 11.3 Å². The van der Waals surface area contributed by atoms with Gasteiger partial charge in [0.25, 0.3) is 0 Å². The largest absolute Gasteiger partial charge is 0.486 e. The molecule has 136 valence electrons. The number of carbonyl (C=O) groups excluding carboxylic acids is 2. The van der Waals surface area contributed by atoms with E-state index in [1.54, 1.807) is 19.1 Å². The van der Waals surface area contributed by atoms with Crippen LogP contribution in [0.4, 0.5) is 5.69 Å². The molecule has 1 aliphatic heterocycles. The summed E-state index contributed by atoms with van der Waals surface area (Å²) in [5, 5.41) is 0.379. The molecule has 0 amide bonds.